The third-order valence-electron chi connectivity index (χ3n) is 3.25. The van der Waals surface area contributed by atoms with Gasteiger partial charge in [0.15, 0.2) is 17.1 Å². The molecular weight excluding hydrogens is 286 g/mol. The molecule has 22 heavy (non-hydrogen) atoms. The van der Waals surface area contributed by atoms with Crippen LogP contribution in [0, 0.1) is 0 Å². The number of H-pyrrole nitrogens is 2. The van der Waals surface area contributed by atoms with Crippen LogP contribution in [-0.2, 0) is 6.54 Å². The van der Waals surface area contributed by atoms with Gasteiger partial charge < -0.3 is 14.8 Å². The van der Waals surface area contributed by atoms with E-state index in [1.165, 1.54) is 6.20 Å². The highest BCUT2D eigenvalue weighted by atomic mass is 16.5. The van der Waals surface area contributed by atoms with Crippen molar-refractivity contribution in [2.24, 2.45) is 0 Å². The molecule has 2 heterocycles. The number of hydrogen-bond acceptors (Lipinski definition) is 6. The smallest absolute Gasteiger partial charge is 0.263 e. The zero-order valence-electron chi connectivity index (χ0n) is 12.1. The van der Waals surface area contributed by atoms with Crippen molar-refractivity contribution in [2.75, 3.05) is 19.5 Å². The Hall–Kier alpha value is -3.03. The Morgan fingerprint density at radius 1 is 1.27 bits per heavy atom. The number of anilines is 1. The first-order valence-corrected chi connectivity index (χ1v) is 6.60. The quantitative estimate of drug-likeness (QED) is 0.655. The molecule has 8 heteroatoms. The van der Waals surface area contributed by atoms with E-state index in [1.807, 2.05) is 18.2 Å². The number of methoxy groups -OCH3 is 2. The van der Waals surface area contributed by atoms with Crippen molar-refractivity contribution in [3.05, 3.63) is 40.3 Å². The molecule has 0 fully saturated rings. The van der Waals surface area contributed by atoms with Crippen LogP contribution in [0.1, 0.15) is 5.56 Å². The summed E-state index contributed by atoms with van der Waals surface area (Å²) in [4.78, 5) is 18.8. The van der Waals surface area contributed by atoms with Crippen LogP contribution in [0.5, 0.6) is 11.5 Å². The lowest BCUT2D eigenvalue weighted by Crippen LogP contribution is -2.13. The monoisotopic (exact) mass is 301 g/mol. The Labute approximate surface area is 125 Å². The first-order chi connectivity index (χ1) is 10.7. The second-order valence-corrected chi connectivity index (χ2v) is 4.55. The number of fused-ring (bicyclic) bond motifs is 1. The highest BCUT2D eigenvalue weighted by molar-refractivity contribution is 5.73. The number of para-hydroxylation sites is 1. The second kappa shape index (κ2) is 5.76. The number of rotatable bonds is 5. The molecule has 0 saturated heterocycles. The third-order valence-corrected chi connectivity index (χ3v) is 3.25. The molecule has 3 rings (SSSR count). The minimum absolute atomic E-state index is 0.251. The molecule has 0 spiro atoms. The fourth-order valence-electron chi connectivity index (χ4n) is 2.20. The van der Waals surface area contributed by atoms with E-state index in [9.17, 15) is 4.79 Å². The molecule has 1 aromatic carbocycles. The van der Waals surface area contributed by atoms with E-state index >= 15 is 0 Å². The normalized spacial score (nSPS) is 10.6. The Kier molecular flexibility index (Phi) is 3.65. The van der Waals surface area contributed by atoms with Crippen molar-refractivity contribution in [3.63, 3.8) is 0 Å². The topological polar surface area (TPSA) is 105 Å². The minimum atomic E-state index is -0.251. The van der Waals surface area contributed by atoms with Gasteiger partial charge in [-0.15, -0.1) is 0 Å². The molecule has 0 amide bonds. The van der Waals surface area contributed by atoms with Crippen molar-refractivity contribution in [1.29, 1.82) is 0 Å². The van der Waals surface area contributed by atoms with Crippen molar-refractivity contribution >= 4 is 17.0 Å². The Bertz CT molecular complexity index is 855. The van der Waals surface area contributed by atoms with Crippen LogP contribution in [-0.4, -0.2) is 34.4 Å². The number of benzene rings is 1. The summed E-state index contributed by atoms with van der Waals surface area (Å²) in [7, 11) is 3.17. The number of aromatic nitrogens is 4. The van der Waals surface area contributed by atoms with Crippen LogP contribution in [0.2, 0.25) is 0 Å². The summed E-state index contributed by atoms with van der Waals surface area (Å²) in [5.74, 6) is 1.64. The SMILES string of the molecule is COc1cccc(CNc2nc3[nH]ncc3c(=O)[nH]2)c1OC. The summed E-state index contributed by atoms with van der Waals surface area (Å²) in [6.07, 6.45) is 1.44. The molecule has 3 N–H and O–H groups in total. The van der Waals surface area contributed by atoms with E-state index in [1.54, 1.807) is 14.2 Å². The molecule has 0 radical (unpaired) electrons. The number of nitrogens with zero attached hydrogens (tertiary/aromatic N) is 2. The summed E-state index contributed by atoms with van der Waals surface area (Å²) in [5.41, 5.74) is 1.07. The largest absolute Gasteiger partial charge is 0.493 e. The van der Waals surface area contributed by atoms with Crippen LogP contribution in [0.25, 0.3) is 11.0 Å². The van der Waals surface area contributed by atoms with Crippen LogP contribution >= 0.6 is 0 Å². The molecule has 0 unspecified atom stereocenters. The van der Waals surface area contributed by atoms with Crippen molar-refractivity contribution < 1.29 is 9.47 Å². The average Bonchev–Trinajstić information content (AvgIpc) is 3.01. The van der Waals surface area contributed by atoms with Gasteiger partial charge in [-0.2, -0.15) is 10.1 Å². The van der Waals surface area contributed by atoms with Crippen molar-refractivity contribution in [2.45, 2.75) is 6.54 Å². The molecule has 114 valence electrons. The molecule has 0 aliphatic heterocycles. The van der Waals surface area contributed by atoms with Gasteiger partial charge in [-0.05, 0) is 6.07 Å². The van der Waals surface area contributed by atoms with E-state index < -0.39 is 0 Å². The first-order valence-electron chi connectivity index (χ1n) is 6.60. The molecule has 3 aromatic rings. The number of hydrogen-bond donors (Lipinski definition) is 3. The summed E-state index contributed by atoms with van der Waals surface area (Å²) < 4.78 is 10.6. The van der Waals surface area contributed by atoms with Gasteiger partial charge in [0.25, 0.3) is 5.56 Å². The van der Waals surface area contributed by atoms with E-state index in [4.69, 9.17) is 9.47 Å². The van der Waals surface area contributed by atoms with Gasteiger partial charge in [-0.3, -0.25) is 14.9 Å². The van der Waals surface area contributed by atoms with Gasteiger partial charge in [-0.25, -0.2) is 0 Å². The summed E-state index contributed by atoms with van der Waals surface area (Å²) in [6.45, 7) is 0.420. The van der Waals surface area contributed by atoms with E-state index in [2.05, 4.69) is 25.5 Å². The van der Waals surface area contributed by atoms with Crippen LogP contribution < -0.4 is 20.3 Å². The molecular formula is C14H15N5O3. The Morgan fingerprint density at radius 2 is 2.14 bits per heavy atom. The van der Waals surface area contributed by atoms with Crippen LogP contribution in [0.15, 0.2) is 29.2 Å². The van der Waals surface area contributed by atoms with Gasteiger partial charge in [0.2, 0.25) is 5.95 Å². The predicted octanol–water partition coefficient (Wildman–Crippen LogP) is 1.28. The maximum atomic E-state index is 11.9. The first kappa shape index (κ1) is 13.9. The molecule has 0 aliphatic rings. The lowest BCUT2D eigenvalue weighted by atomic mass is 10.2. The molecule has 2 aromatic heterocycles. The molecule has 0 atom stereocenters. The molecule has 0 aliphatic carbocycles. The summed E-state index contributed by atoms with van der Waals surface area (Å²) >= 11 is 0. The minimum Gasteiger partial charge on any atom is -0.493 e. The molecule has 0 saturated carbocycles. The fourth-order valence-corrected chi connectivity index (χ4v) is 2.20. The van der Waals surface area contributed by atoms with Crippen molar-refractivity contribution in [1.82, 2.24) is 20.2 Å². The van der Waals surface area contributed by atoms with Crippen LogP contribution in [0.3, 0.4) is 0 Å². The Morgan fingerprint density at radius 3 is 2.91 bits per heavy atom. The van der Waals surface area contributed by atoms with Gasteiger partial charge in [-0.1, -0.05) is 12.1 Å². The van der Waals surface area contributed by atoms with E-state index in [-0.39, 0.29) is 5.56 Å². The average molecular weight is 301 g/mol. The zero-order valence-corrected chi connectivity index (χ0v) is 12.1. The third kappa shape index (κ3) is 2.46. The number of ether oxygens (including phenoxy) is 2. The maximum Gasteiger partial charge on any atom is 0.263 e. The number of aromatic amines is 2. The van der Waals surface area contributed by atoms with Gasteiger partial charge in [0.05, 0.1) is 20.4 Å². The molecule has 0 bridgehead atoms. The lowest BCUT2D eigenvalue weighted by molar-refractivity contribution is 0.352. The summed E-state index contributed by atoms with van der Waals surface area (Å²) in [6, 6.07) is 5.59. The summed E-state index contributed by atoms with van der Waals surface area (Å²) in [5, 5.41) is 9.95. The van der Waals surface area contributed by atoms with Crippen molar-refractivity contribution in [3.8, 4) is 11.5 Å². The van der Waals surface area contributed by atoms with Gasteiger partial charge in [0, 0.05) is 12.1 Å². The maximum absolute atomic E-state index is 11.9. The molecule has 8 nitrogen and oxygen atoms in total. The predicted molar refractivity (Wildman–Crippen MR) is 81.4 cm³/mol. The Balaban J connectivity index is 1.86. The van der Waals surface area contributed by atoms with Crippen LogP contribution in [0.4, 0.5) is 5.95 Å². The standard InChI is InChI=1S/C14H15N5O3/c1-21-10-5-3-4-8(11(10)22-2)6-15-14-17-12-9(7-16-19-12)13(20)18-14/h3-5,7H,6H2,1-2H3,(H3,15,16,17,18,19,20). The fraction of sp³-hybridized carbons (Fsp3) is 0.214. The van der Waals surface area contributed by atoms with Gasteiger partial charge >= 0.3 is 0 Å². The van der Waals surface area contributed by atoms with E-state index in [0.29, 0.717) is 35.0 Å². The van der Waals surface area contributed by atoms with E-state index in [0.717, 1.165) is 5.56 Å². The van der Waals surface area contributed by atoms with Gasteiger partial charge in [0.1, 0.15) is 5.39 Å². The second-order valence-electron chi connectivity index (χ2n) is 4.55. The lowest BCUT2D eigenvalue weighted by Gasteiger charge is -2.13. The number of nitrogens with one attached hydrogen (secondary N) is 3. The highest BCUT2D eigenvalue weighted by Gasteiger charge is 2.10. The highest BCUT2D eigenvalue weighted by Crippen LogP contribution is 2.30. The zero-order chi connectivity index (χ0) is 15.5.